The van der Waals surface area contributed by atoms with Gasteiger partial charge in [-0.2, -0.15) is 0 Å². The normalized spacial score (nSPS) is 10.4. The van der Waals surface area contributed by atoms with E-state index in [2.05, 4.69) is 15.3 Å². The lowest BCUT2D eigenvalue weighted by Crippen LogP contribution is -2.26. The minimum absolute atomic E-state index is 0.112. The summed E-state index contributed by atoms with van der Waals surface area (Å²) in [5, 5.41) is 3.41. The third-order valence-corrected chi connectivity index (χ3v) is 3.68. The number of ether oxygens (including phenoxy) is 1. The maximum atomic E-state index is 12.2. The average molecular weight is 335 g/mol. The average Bonchev–Trinajstić information content (AvgIpc) is 2.48. The highest BCUT2D eigenvalue weighted by Crippen LogP contribution is 2.22. The van der Waals surface area contributed by atoms with E-state index in [0.717, 1.165) is 5.56 Å². The zero-order valence-electron chi connectivity index (χ0n) is 13.3. The Morgan fingerprint density at radius 2 is 2.09 bits per heavy atom. The zero-order valence-corrected chi connectivity index (χ0v) is 14.1. The summed E-state index contributed by atoms with van der Waals surface area (Å²) in [7, 11) is 0. The van der Waals surface area contributed by atoms with Crippen LogP contribution in [0.15, 0.2) is 18.2 Å². The molecule has 122 valence electrons. The first kappa shape index (κ1) is 17.0. The number of nitrogens with one attached hydrogen (secondary N) is 1. The first-order valence-electron chi connectivity index (χ1n) is 7.22. The highest BCUT2D eigenvalue weighted by atomic mass is 35.5. The van der Waals surface area contributed by atoms with Crippen LogP contribution >= 0.6 is 11.6 Å². The zero-order chi connectivity index (χ0) is 17.0. The van der Waals surface area contributed by atoms with Crippen molar-refractivity contribution in [2.24, 2.45) is 0 Å². The molecule has 3 N–H and O–H groups in total. The number of carbonyl (C=O) groups excluding carboxylic acids is 1. The van der Waals surface area contributed by atoms with Gasteiger partial charge in [-0.05, 0) is 44.5 Å². The van der Waals surface area contributed by atoms with Gasteiger partial charge in [-0.1, -0.05) is 11.6 Å². The molecule has 1 aromatic carbocycles. The third kappa shape index (κ3) is 4.10. The molecule has 0 spiro atoms. The summed E-state index contributed by atoms with van der Waals surface area (Å²) >= 11 is 6.00. The van der Waals surface area contributed by atoms with Crippen molar-refractivity contribution >= 4 is 23.5 Å². The number of carbonyl (C=O) groups is 1. The van der Waals surface area contributed by atoms with Crippen LogP contribution < -0.4 is 15.8 Å². The lowest BCUT2D eigenvalue weighted by Gasteiger charge is -2.13. The first-order valence-corrected chi connectivity index (χ1v) is 7.60. The molecular formula is C16H19ClN4O2. The van der Waals surface area contributed by atoms with E-state index in [1.165, 1.54) is 0 Å². The first-order chi connectivity index (χ1) is 10.9. The number of amides is 1. The summed E-state index contributed by atoms with van der Waals surface area (Å²) in [6.07, 6.45) is 0. The molecule has 2 rings (SSSR count). The van der Waals surface area contributed by atoms with Gasteiger partial charge in [0, 0.05) is 11.6 Å². The van der Waals surface area contributed by atoms with Crippen LogP contribution in [0.5, 0.6) is 5.75 Å². The molecule has 0 aliphatic rings. The lowest BCUT2D eigenvalue weighted by molar-refractivity contribution is 0.0951. The molecule has 1 amide bonds. The smallest absolute Gasteiger partial charge is 0.255 e. The number of aromatic nitrogens is 2. The molecule has 0 radical (unpaired) electrons. The molecule has 7 heteroatoms. The standard InChI is InChI=1S/C16H19ClN4O2/c1-4-19-15(22)14-10(3)20-16(18)21-13(14)8-23-11-5-6-12(17)9(2)7-11/h5-7H,4,8H2,1-3H3,(H,19,22)(H2,18,20,21). The SMILES string of the molecule is CCNC(=O)c1c(C)nc(N)nc1COc1ccc(Cl)c(C)c1. The Labute approximate surface area is 140 Å². The minimum atomic E-state index is -0.240. The number of nitrogen functional groups attached to an aromatic ring is 1. The number of nitrogens with zero attached hydrogens (tertiary/aromatic N) is 2. The van der Waals surface area contributed by atoms with Gasteiger partial charge in [-0.25, -0.2) is 9.97 Å². The Morgan fingerprint density at radius 3 is 2.74 bits per heavy atom. The van der Waals surface area contributed by atoms with Crippen molar-refractivity contribution in [3.8, 4) is 5.75 Å². The molecule has 2 aromatic rings. The van der Waals surface area contributed by atoms with E-state index < -0.39 is 0 Å². The maximum Gasteiger partial charge on any atom is 0.255 e. The molecular weight excluding hydrogens is 316 g/mol. The van der Waals surface area contributed by atoms with E-state index in [0.29, 0.717) is 34.3 Å². The van der Waals surface area contributed by atoms with Crippen molar-refractivity contribution in [1.82, 2.24) is 15.3 Å². The summed E-state index contributed by atoms with van der Waals surface area (Å²) in [5.74, 6) is 0.515. The predicted molar refractivity (Wildman–Crippen MR) is 89.7 cm³/mol. The lowest BCUT2D eigenvalue weighted by atomic mass is 10.1. The second-order valence-electron chi connectivity index (χ2n) is 5.05. The Hall–Kier alpha value is -2.34. The summed E-state index contributed by atoms with van der Waals surface area (Å²) in [4.78, 5) is 20.4. The topological polar surface area (TPSA) is 90.1 Å². The van der Waals surface area contributed by atoms with Gasteiger partial charge in [0.25, 0.3) is 5.91 Å². The van der Waals surface area contributed by atoms with Crippen LogP contribution in [0.3, 0.4) is 0 Å². The number of benzene rings is 1. The van der Waals surface area contributed by atoms with Gasteiger partial charge in [0.2, 0.25) is 5.95 Å². The Bertz CT molecular complexity index is 734. The van der Waals surface area contributed by atoms with Gasteiger partial charge in [0.05, 0.1) is 17.0 Å². The Balaban J connectivity index is 2.27. The summed E-state index contributed by atoms with van der Waals surface area (Å²) < 4.78 is 5.72. The molecule has 0 atom stereocenters. The molecule has 0 aliphatic heterocycles. The highest BCUT2D eigenvalue weighted by molar-refractivity contribution is 6.31. The number of anilines is 1. The molecule has 1 aromatic heterocycles. The fraction of sp³-hybridized carbons (Fsp3) is 0.312. The molecule has 0 aliphatic carbocycles. The van der Waals surface area contributed by atoms with Crippen molar-refractivity contribution in [2.75, 3.05) is 12.3 Å². The van der Waals surface area contributed by atoms with E-state index in [-0.39, 0.29) is 18.5 Å². The van der Waals surface area contributed by atoms with Crippen LogP contribution in [0.1, 0.15) is 34.2 Å². The monoisotopic (exact) mass is 334 g/mol. The second kappa shape index (κ2) is 7.28. The largest absolute Gasteiger partial charge is 0.487 e. The molecule has 0 fully saturated rings. The van der Waals surface area contributed by atoms with Crippen molar-refractivity contribution in [3.63, 3.8) is 0 Å². The fourth-order valence-corrected chi connectivity index (χ4v) is 2.28. The van der Waals surface area contributed by atoms with Crippen LogP contribution in [-0.4, -0.2) is 22.4 Å². The van der Waals surface area contributed by atoms with Crippen LogP contribution in [0.25, 0.3) is 0 Å². The van der Waals surface area contributed by atoms with Crippen molar-refractivity contribution in [3.05, 3.63) is 45.7 Å². The van der Waals surface area contributed by atoms with Gasteiger partial charge in [-0.3, -0.25) is 4.79 Å². The number of halogens is 1. The maximum absolute atomic E-state index is 12.2. The van der Waals surface area contributed by atoms with Crippen LogP contribution in [0.4, 0.5) is 5.95 Å². The quantitative estimate of drug-likeness (QED) is 0.877. The Kier molecular flexibility index (Phi) is 5.39. The van der Waals surface area contributed by atoms with E-state index in [1.807, 2.05) is 19.9 Å². The van der Waals surface area contributed by atoms with Crippen molar-refractivity contribution in [2.45, 2.75) is 27.4 Å². The number of hydrogen-bond acceptors (Lipinski definition) is 5. The molecule has 0 saturated carbocycles. The predicted octanol–water partition coefficient (Wildman–Crippen LogP) is 2.66. The van der Waals surface area contributed by atoms with Gasteiger partial charge < -0.3 is 15.8 Å². The van der Waals surface area contributed by atoms with Gasteiger partial charge in [0.15, 0.2) is 0 Å². The van der Waals surface area contributed by atoms with Gasteiger partial charge in [0.1, 0.15) is 12.4 Å². The fourth-order valence-electron chi connectivity index (χ4n) is 2.16. The third-order valence-electron chi connectivity index (χ3n) is 3.25. The summed E-state index contributed by atoms with van der Waals surface area (Å²) in [5.41, 5.74) is 7.97. The molecule has 6 nitrogen and oxygen atoms in total. The summed E-state index contributed by atoms with van der Waals surface area (Å²) in [6, 6.07) is 5.35. The molecule has 23 heavy (non-hydrogen) atoms. The Morgan fingerprint density at radius 1 is 1.35 bits per heavy atom. The van der Waals surface area contributed by atoms with Crippen LogP contribution in [0.2, 0.25) is 5.02 Å². The van der Waals surface area contributed by atoms with Gasteiger partial charge in [-0.15, -0.1) is 0 Å². The molecule has 0 unspecified atom stereocenters. The number of hydrogen-bond donors (Lipinski definition) is 2. The number of nitrogens with two attached hydrogens (primary N) is 1. The molecule has 0 bridgehead atoms. The van der Waals surface area contributed by atoms with Crippen molar-refractivity contribution < 1.29 is 9.53 Å². The summed E-state index contributed by atoms with van der Waals surface area (Å²) in [6.45, 7) is 6.08. The number of rotatable bonds is 5. The molecule has 0 saturated heterocycles. The van der Waals surface area contributed by atoms with E-state index in [4.69, 9.17) is 22.1 Å². The minimum Gasteiger partial charge on any atom is -0.487 e. The van der Waals surface area contributed by atoms with E-state index in [1.54, 1.807) is 19.1 Å². The highest BCUT2D eigenvalue weighted by Gasteiger charge is 2.18. The van der Waals surface area contributed by atoms with E-state index >= 15 is 0 Å². The van der Waals surface area contributed by atoms with E-state index in [9.17, 15) is 4.79 Å². The van der Waals surface area contributed by atoms with Crippen LogP contribution in [0, 0.1) is 13.8 Å². The molecule has 1 heterocycles. The van der Waals surface area contributed by atoms with Crippen LogP contribution in [-0.2, 0) is 6.61 Å². The van der Waals surface area contributed by atoms with Gasteiger partial charge >= 0.3 is 0 Å². The van der Waals surface area contributed by atoms with Crippen molar-refractivity contribution in [1.29, 1.82) is 0 Å². The number of aryl methyl sites for hydroxylation is 2. The second-order valence-corrected chi connectivity index (χ2v) is 5.46.